The van der Waals surface area contributed by atoms with Crippen LogP contribution in [0, 0.1) is 0 Å². The number of H-pyrrole nitrogens is 1. The van der Waals surface area contributed by atoms with Crippen molar-refractivity contribution >= 4 is 88.6 Å². The van der Waals surface area contributed by atoms with Gasteiger partial charge in [-0.2, -0.15) is 0 Å². The molecule has 0 aliphatic rings. The number of hydrogen-bond acceptors (Lipinski definition) is 22. The predicted octanol–water partition coefficient (Wildman–Crippen LogP) is 4.99. The predicted molar refractivity (Wildman–Crippen MR) is 567 cm³/mol. The second-order valence-electron chi connectivity index (χ2n) is 36.9. The number of aromatic amines is 1. The third kappa shape index (κ3) is 39.5. The van der Waals surface area contributed by atoms with E-state index < -0.39 is 204 Å². The Morgan fingerprint density at radius 3 is 0.919 bits per heavy atom. The molecule has 1 aromatic heterocycles. The van der Waals surface area contributed by atoms with Crippen molar-refractivity contribution in [1.82, 2.24) is 85.1 Å². The molecule has 0 aliphatic heterocycles. The first-order chi connectivity index (χ1) is 71.9. The number of nitrogens with one attached hydrogen (secondary N) is 5. The fourth-order valence-corrected chi connectivity index (χ4v) is 16.9. The zero-order chi connectivity index (χ0) is 107. The first-order valence-electron chi connectivity index (χ1n) is 50.8. The lowest BCUT2D eigenvalue weighted by molar-refractivity contribution is -0.151. The van der Waals surface area contributed by atoms with E-state index in [2.05, 4.69) is 31.2 Å². The Morgan fingerprint density at radius 1 is 0.315 bits per heavy atom. The lowest BCUT2D eigenvalue weighted by Crippen LogP contribution is -2.54. The van der Waals surface area contributed by atoms with Crippen LogP contribution in [0.2, 0.25) is 0 Å². The van der Waals surface area contributed by atoms with Crippen molar-refractivity contribution in [3.05, 3.63) is 305 Å². The number of nitrogens with two attached hydrogens (primary N) is 6. The van der Waals surface area contributed by atoms with Crippen molar-refractivity contribution in [1.29, 1.82) is 0 Å². The number of carbonyl (C=O) groups excluding carboxylic acids is 15. The third-order valence-electron chi connectivity index (χ3n) is 25.8. The maximum Gasteiger partial charge on any atom is 0.243 e. The van der Waals surface area contributed by atoms with Crippen LogP contribution in [0.3, 0.4) is 0 Å². The van der Waals surface area contributed by atoms with Crippen LogP contribution in [0.5, 0.6) is 0 Å². The van der Waals surface area contributed by atoms with E-state index in [-0.39, 0.29) is 90.7 Å². The number of amides is 15. The number of unbranched alkanes of at least 4 members (excludes halogenated alkanes) is 4. The van der Waals surface area contributed by atoms with Crippen molar-refractivity contribution in [2.24, 2.45) is 34.4 Å². The summed E-state index contributed by atoms with van der Waals surface area (Å²) in [5, 5.41) is 10.6. The normalized spacial score (nSPS) is 12.2. The van der Waals surface area contributed by atoms with Crippen LogP contribution >= 0.6 is 0 Å². The molecule has 9 rings (SSSR count). The second-order valence-corrected chi connectivity index (χ2v) is 36.9. The maximum atomic E-state index is 16.1. The molecule has 17 N–H and O–H groups in total. The molecule has 38 nitrogen and oxygen atoms in total. The van der Waals surface area contributed by atoms with Gasteiger partial charge in [-0.3, -0.25) is 71.9 Å². The lowest BCUT2D eigenvalue weighted by Gasteiger charge is -2.37. The molecule has 0 unspecified atom stereocenters. The van der Waals surface area contributed by atoms with Gasteiger partial charge in [-0.05, 0) is 156 Å². The first-order valence-corrected chi connectivity index (χ1v) is 50.8. The van der Waals surface area contributed by atoms with Gasteiger partial charge in [0.1, 0.15) is 57.9 Å². The Balaban J connectivity index is 0.976. The third-order valence-corrected chi connectivity index (χ3v) is 25.8. The summed E-state index contributed by atoms with van der Waals surface area (Å²) in [5.74, 6) is -10.2. The van der Waals surface area contributed by atoms with E-state index in [9.17, 15) is 24.0 Å². The zero-order valence-corrected chi connectivity index (χ0v) is 85.9. The fraction of sp³-hybridized carbons (Fsp3) is 0.405. The number of aromatic nitrogens is 2. The Labute approximate surface area is 872 Å². The van der Waals surface area contributed by atoms with Crippen LogP contribution in [0.25, 0.3) is 0 Å². The van der Waals surface area contributed by atoms with Gasteiger partial charge in [0.2, 0.25) is 88.6 Å². The highest BCUT2D eigenvalue weighted by molar-refractivity contribution is 5.97. The zero-order valence-electron chi connectivity index (χ0n) is 85.9. The van der Waals surface area contributed by atoms with Crippen LogP contribution in [-0.4, -0.2) is 309 Å². The molecular weight excluding hydrogens is 1900 g/mol. The summed E-state index contributed by atoms with van der Waals surface area (Å²) in [5.41, 5.74) is 41.4. The number of benzene rings is 8. The smallest absolute Gasteiger partial charge is 0.243 e. The van der Waals surface area contributed by atoms with Crippen molar-refractivity contribution in [2.75, 3.05) is 144 Å². The number of primary amides is 1. The minimum atomic E-state index is -1.40. The average molecular weight is 2040 g/mol. The summed E-state index contributed by atoms with van der Waals surface area (Å²) < 4.78 is 0. The summed E-state index contributed by atoms with van der Waals surface area (Å²) in [6.07, 6.45) is 6.58. The maximum absolute atomic E-state index is 16.1. The number of nitrogens with zero attached hydrogens (tertiary/aromatic N) is 12. The van der Waals surface area contributed by atoms with E-state index in [1.54, 1.807) is 210 Å². The topological polar surface area (TPSA) is 525 Å². The van der Waals surface area contributed by atoms with Gasteiger partial charge in [0.05, 0.1) is 75.5 Å². The Bertz CT molecular complexity index is 5640. The van der Waals surface area contributed by atoms with Crippen LogP contribution in [-0.2, 0) is 105 Å². The summed E-state index contributed by atoms with van der Waals surface area (Å²) in [4.78, 5) is 245. The van der Waals surface area contributed by atoms with Crippen molar-refractivity contribution < 1.29 is 71.9 Å². The Kier molecular flexibility index (Phi) is 49.9. The van der Waals surface area contributed by atoms with Gasteiger partial charge in [-0.25, -0.2) is 4.98 Å². The molecule has 0 saturated carbocycles. The molecule has 149 heavy (non-hydrogen) atoms. The van der Waals surface area contributed by atoms with Gasteiger partial charge in [0.25, 0.3) is 0 Å². The van der Waals surface area contributed by atoms with E-state index in [0.717, 1.165) is 18.4 Å². The molecule has 15 amide bonds. The molecule has 6 atom stereocenters. The molecular formula is C111H147N23O15. The highest BCUT2D eigenvalue weighted by atomic mass is 16.2. The summed E-state index contributed by atoms with van der Waals surface area (Å²) >= 11 is 0. The molecule has 0 bridgehead atoms. The van der Waals surface area contributed by atoms with E-state index >= 15 is 47.9 Å². The van der Waals surface area contributed by atoms with E-state index in [0.29, 0.717) is 89.8 Å². The molecule has 796 valence electrons. The van der Waals surface area contributed by atoms with Gasteiger partial charge in [0, 0.05) is 65.0 Å². The molecule has 0 aliphatic carbocycles. The van der Waals surface area contributed by atoms with Crippen molar-refractivity contribution in [2.45, 2.75) is 148 Å². The summed E-state index contributed by atoms with van der Waals surface area (Å²) in [7, 11) is 0. The number of hydrogen-bond donors (Lipinski definition) is 11. The van der Waals surface area contributed by atoms with Gasteiger partial charge in [-0.15, -0.1) is 0 Å². The van der Waals surface area contributed by atoms with Gasteiger partial charge >= 0.3 is 0 Å². The van der Waals surface area contributed by atoms with Crippen LogP contribution in [0.15, 0.2) is 255 Å². The van der Waals surface area contributed by atoms with E-state index in [1.165, 1.54) is 66.4 Å². The summed E-state index contributed by atoms with van der Waals surface area (Å²) in [6.45, 7) is 0.603. The minimum Gasteiger partial charge on any atom is -0.368 e. The minimum absolute atomic E-state index is 0.0174. The lowest BCUT2D eigenvalue weighted by atomic mass is 10.0. The summed E-state index contributed by atoms with van der Waals surface area (Å²) in [6, 6.07) is 65.5. The molecule has 8 aromatic carbocycles. The molecule has 0 fully saturated rings. The van der Waals surface area contributed by atoms with Gasteiger partial charge < -0.3 is 115 Å². The largest absolute Gasteiger partial charge is 0.368 e. The van der Waals surface area contributed by atoms with Crippen LogP contribution in [0.1, 0.15) is 153 Å². The monoisotopic (exact) mass is 2040 g/mol. The number of carbonyl (C=O) groups is 15. The van der Waals surface area contributed by atoms with Crippen molar-refractivity contribution in [3.8, 4) is 0 Å². The molecule has 0 spiro atoms. The standard InChI is InChI=1S/C111H147N23O15/c1-82(90-45-21-9-22-46-90)131(77-104(142)124(58-34-30-54-113)71-101(139)130(69-89-43-19-8-20-44-89)74-102(140)127(66-86-37-13-5-14-38-86)70-98(136)120-63-95(116)111(149)121-64-97(135)123-96(110(117)148)61-94-62-119-81-122-94)108(146)80-134(85(4)93-51-27-12-28-52-93)107(145)76-126(60-36-32-56-115)105(143)78-132(83(2)91-47-23-10-24-48-91)109(147)79-133(84(3)92-49-25-11-26-50-92)106(144)75-125(59-35-31-55-114)100(138)72-129(68-88-41-17-7-18-42-88)103(141)73-128(67-87-39-15-6-16-40-87)99(137)65-118-57-33-29-53-112/h5-28,37-52,62,81-85,95-96,118H,29-36,53-61,63-80,112-116H2,1-4H3,(H2,117,148)(H,119,122)(H,120,136)(H,121,149)(H,123,135)/t82-,83-,84-,85-,95-,96-/m0/s1. The van der Waals surface area contributed by atoms with Gasteiger partial charge in [0.15, 0.2) is 0 Å². The highest BCUT2D eigenvalue weighted by Crippen LogP contribution is 2.29. The molecule has 38 heteroatoms. The highest BCUT2D eigenvalue weighted by Gasteiger charge is 2.39. The second kappa shape index (κ2) is 63.4. The average Bonchev–Trinajstić information content (AvgIpc) is 1.08. The number of rotatable bonds is 65. The van der Waals surface area contributed by atoms with E-state index in [4.69, 9.17) is 34.4 Å². The molecule has 0 radical (unpaired) electrons. The fourth-order valence-electron chi connectivity index (χ4n) is 16.9. The van der Waals surface area contributed by atoms with E-state index in [1.807, 2.05) is 60.7 Å². The quantitative estimate of drug-likeness (QED) is 0.0224. The van der Waals surface area contributed by atoms with Crippen molar-refractivity contribution in [3.63, 3.8) is 0 Å². The molecule has 0 saturated heterocycles. The molecule has 9 aromatic rings. The SMILES string of the molecule is C[C@@H](c1ccccc1)N(CC(=O)N(CCCCN)CC(=O)N(CC(=O)N(CC(=O)N(CCCCN)CC(=O)N(CC(=O)N(CC(=O)NC[C@H](N)C(=O)NCC(=O)N[C@@H](Cc1c[nH]cn1)C(N)=O)Cc1ccccc1)Cc1ccccc1)[C@@H](C)c1ccccc1)[C@@H](C)c1ccccc1)C(=O)CN(C(=O)CN(CCCCN)C(=O)CN(Cc1ccccc1)C(=O)CN(Cc1ccccc1)C(=O)CNCCCCN)[C@@H](C)c1ccccc1. The Morgan fingerprint density at radius 2 is 0.597 bits per heavy atom. The Hall–Kier alpha value is -15.2. The molecule has 1 heterocycles. The first kappa shape index (κ1) is 117. The number of imidazole rings is 1. The van der Waals surface area contributed by atoms with Crippen LogP contribution in [0.4, 0.5) is 0 Å². The van der Waals surface area contributed by atoms with Crippen LogP contribution < -0.4 is 55.7 Å². The van der Waals surface area contributed by atoms with Gasteiger partial charge in [-0.1, -0.05) is 243 Å².